The molecule has 0 aliphatic heterocycles. The summed E-state index contributed by atoms with van der Waals surface area (Å²) >= 11 is 5.76. The molecule has 0 aliphatic carbocycles. The van der Waals surface area contributed by atoms with E-state index in [0.29, 0.717) is 10.8 Å². The van der Waals surface area contributed by atoms with Gasteiger partial charge in [0.1, 0.15) is 11.9 Å². The molecule has 5 nitrogen and oxygen atoms in total. The Morgan fingerprint density at radius 1 is 1.14 bits per heavy atom. The molecule has 3 aromatic rings. The van der Waals surface area contributed by atoms with Crippen molar-refractivity contribution in [3.8, 4) is 0 Å². The minimum absolute atomic E-state index is 0.0554. The number of H-pyrrole nitrogens is 1. The number of nitrogens with one attached hydrogen (secondary N) is 1. The zero-order valence-corrected chi connectivity index (χ0v) is 13.2. The van der Waals surface area contributed by atoms with Gasteiger partial charge in [0.05, 0.1) is 15.9 Å². The largest absolute Gasteiger partial charge is 0.340 e. The van der Waals surface area contributed by atoms with Crippen molar-refractivity contribution in [2.75, 3.05) is 0 Å². The highest BCUT2D eigenvalue weighted by molar-refractivity contribution is 7.86. The van der Waals surface area contributed by atoms with E-state index in [2.05, 4.69) is 9.97 Å². The van der Waals surface area contributed by atoms with Gasteiger partial charge in [-0.2, -0.15) is 8.42 Å². The van der Waals surface area contributed by atoms with E-state index < -0.39 is 16.2 Å². The summed E-state index contributed by atoms with van der Waals surface area (Å²) in [7, 11) is -3.88. The molecule has 0 saturated heterocycles. The van der Waals surface area contributed by atoms with Crippen molar-refractivity contribution in [3.63, 3.8) is 0 Å². The lowest BCUT2D eigenvalue weighted by atomic mass is 10.3. The maximum Gasteiger partial charge on any atom is 0.297 e. The van der Waals surface area contributed by atoms with Crippen LogP contribution in [0.5, 0.6) is 0 Å². The van der Waals surface area contributed by atoms with Gasteiger partial charge in [0.15, 0.2) is 0 Å². The molecule has 0 unspecified atom stereocenters. The van der Waals surface area contributed by atoms with Crippen LogP contribution in [-0.4, -0.2) is 18.4 Å². The van der Waals surface area contributed by atoms with Crippen LogP contribution < -0.4 is 0 Å². The van der Waals surface area contributed by atoms with Crippen LogP contribution in [0.4, 0.5) is 0 Å². The number of nitrogens with zero attached hydrogens (tertiary/aromatic N) is 1. The van der Waals surface area contributed by atoms with Crippen LogP contribution in [0.15, 0.2) is 53.4 Å². The molecule has 3 rings (SSSR count). The molecule has 2 aromatic carbocycles. The Hall–Kier alpha value is -1.89. The van der Waals surface area contributed by atoms with E-state index in [4.69, 9.17) is 15.8 Å². The van der Waals surface area contributed by atoms with E-state index in [9.17, 15) is 8.42 Å². The summed E-state index contributed by atoms with van der Waals surface area (Å²) in [6.45, 7) is 1.63. The Labute approximate surface area is 133 Å². The third-order valence-corrected chi connectivity index (χ3v) is 4.81. The second kappa shape index (κ2) is 5.72. The quantitative estimate of drug-likeness (QED) is 0.738. The second-order valence-corrected chi connectivity index (χ2v) is 6.79. The average molecular weight is 337 g/mol. The summed E-state index contributed by atoms with van der Waals surface area (Å²) in [5, 5.41) is 0.462. The number of aromatic amines is 1. The van der Waals surface area contributed by atoms with E-state index in [1.54, 1.807) is 6.92 Å². The standard InChI is InChI=1S/C15H13ClN2O3S/c1-10(15-17-13-4-2-3-5-14(13)18-15)21-22(19,20)12-8-6-11(16)7-9-12/h2-10H,1H3,(H,17,18)/t10-/m1/s1. The zero-order valence-electron chi connectivity index (χ0n) is 11.7. The lowest BCUT2D eigenvalue weighted by Gasteiger charge is -2.10. The van der Waals surface area contributed by atoms with E-state index in [0.717, 1.165) is 11.0 Å². The number of benzene rings is 2. The third kappa shape index (κ3) is 2.99. The summed E-state index contributed by atoms with van der Waals surface area (Å²) < 4.78 is 29.7. The average Bonchev–Trinajstić information content (AvgIpc) is 2.91. The predicted molar refractivity (Wildman–Crippen MR) is 84.2 cm³/mol. The first-order valence-electron chi connectivity index (χ1n) is 6.59. The highest BCUT2D eigenvalue weighted by Crippen LogP contribution is 2.24. The number of para-hydroxylation sites is 2. The summed E-state index contributed by atoms with van der Waals surface area (Å²) in [6.07, 6.45) is -0.729. The predicted octanol–water partition coefficient (Wildman–Crippen LogP) is 3.68. The van der Waals surface area contributed by atoms with Gasteiger partial charge in [-0.15, -0.1) is 0 Å². The van der Waals surface area contributed by atoms with Crippen LogP contribution >= 0.6 is 11.6 Å². The topological polar surface area (TPSA) is 72.1 Å². The first-order chi connectivity index (χ1) is 10.5. The van der Waals surface area contributed by atoms with Gasteiger partial charge in [0, 0.05) is 5.02 Å². The monoisotopic (exact) mass is 336 g/mol. The van der Waals surface area contributed by atoms with Gasteiger partial charge >= 0.3 is 0 Å². The third-order valence-electron chi connectivity index (χ3n) is 3.17. The molecular formula is C15H13ClN2O3S. The molecule has 22 heavy (non-hydrogen) atoms. The Morgan fingerprint density at radius 2 is 1.82 bits per heavy atom. The zero-order chi connectivity index (χ0) is 15.7. The number of halogens is 1. The first kappa shape index (κ1) is 15.0. The van der Waals surface area contributed by atoms with Gasteiger partial charge < -0.3 is 4.98 Å². The van der Waals surface area contributed by atoms with Crippen molar-refractivity contribution in [1.82, 2.24) is 9.97 Å². The number of rotatable bonds is 4. The fraction of sp³-hybridized carbons (Fsp3) is 0.133. The SMILES string of the molecule is C[C@@H](OS(=O)(=O)c1ccc(Cl)cc1)c1nc2ccccc2[nH]1. The molecule has 0 spiro atoms. The summed E-state index contributed by atoms with van der Waals surface area (Å²) in [6, 6.07) is 13.3. The van der Waals surface area contributed by atoms with Crippen molar-refractivity contribution in [1.29, 1.82) is 0 Å². The molecule has 0 saturated carbocycles. The lowest BCUT2D eigenvalue weighted by molar-refractivity contribution is 0.225. The Kier molecular flexibility index (Phi) is 3.90. The van der Waals surface area contributed by atoms with Crippen molar-refractivity contribution >= 4 is 32.8 Å². The van der Waals surface area contributed by atoms with Crippen LogP contribution in [0.25, 0.3) is 11.0 Å². The maximum absolute atomic E-state index is 12.2. The summed E-state index contributed by atoms with van der Waals surface area (Å²) in [4.78, 5) is 7.45. The number of hydrogen-bond acceptors (Lipinski definition) is 4. The van der Waals surface area contributed by atoms with Crippen LogP contribution in [0.1, 0.15) is 18.9 Å². The smallest absolute Gasteiger partial charge is 0.297 e. The fourth-order valence-corrected chi connectivity index (χ4v) is 3.24. The van der Waals surface area contributed by atoms with Gasteiger partial charge in [-0.1, -0.05) is 23.7 Å². The normalized spacial score (nSPS) is 13.4. The molecule has 7 heteroatoms. The van der Waals surface area contributed by atoms with E-state index in [1.807, 2.05) is 24.3 Å². The molecule has 0 radical (unpaired) electrons. The molecule has 0 amide bonds. The van der Waals surface area contributed by atoms with Crippen LogP contribution in [0.3, 0.4) is 0 Å². The van der Waals surface area contributed by atoms with E-state index in [-0.39, 0.29) is 4.90 Å². The molecule has 1 heterocycles. The fourth-order valence-electron chi connectivity index (χ4n) is 2.06. The summed E-state index contributed by atoms with van der Waals surface area (Å²) in [5.74, 6) is 0.457. The summed E-state index contributed by atoms with van der Waals surface area (Å²) in [5.41, 5.74) is 1.59. The molecule has 1 N–H and O–H groups in total. The molecule has 0 fully saturated rings. The van der Waals surface area contributed by atoms with Crippen LogP contribution in [-0.2, 0) is 14.3 Å². The molecule has 0 aliphatic rings. The van der Waals surface area contributed by atoms with Gasteiger partial charge in [-0.3, -0.25) is 4.18 Å². The van der Waals surface area contributed by atoms with E-state index >= 15 is 0 Å². The number of aromatic nitrogens is 2. The van der Waals surface area contributed by atoms with Crippen LogP contribution in [0.2, 0.25) is 5.02 Å². The molecular weight excluding hydrogens is 324 g/mol. The maximum atomic E-state index is 12.2. The highest BCUT2D eigenvalue weighted by atomic mass is 35.5. The van der Waals surface area contributed by atoms with Gasteiger partial charge in [0.25, 0.3) is 10.1 Å². The molecule has 114 valence electrons. The van der Waals surface area contributed by atoms with Crippen molar-refractivity contribution in [2.24, 2.45) is 0 Å². The molecule has 0 bridgehead atoms. The Morgan fingerprint density at radius 3 is 2.50 bits per heavy atom. The van der Waals surface area contributed by atoms with Crippen molar-refractivity contribution in [2.45, 2.75) is 17.9 Å². The Balaban J connectivity index is 1.86. The number of hydrogen-bond donors (Lipinski definition) is 1. The number of fused-ring (bicyclic) bond motifs is 1. The minimum Gasteiger partial charge on any atom is -0.340 e. The van der Waals surface area contributed by atoms with Crippen molar-refractivity contribution < 1.29 is 12.6 Å². The van der Waals surface area contributed by atoms with Gasteiger partial charge in [-0.25, -0.2) is 4.98 Å². The van der Waals surface area contributed by atoms with Gasteiger partial charge in [0.2, 0.25) is 0 Å². The number of imidazole rings is 1. The minimum atomic E-state index is -3.88. The lowest BCUT2D eigenvalue weighted by Crippen LogP contribution is -2.11. The van der Waals surface area contributed by atoms with Gasteiger partial charge in [-0.05, 0) is 43.3 Å². The highest BCUT2D eigenvalue weighted by Gasteiger charge is 2.22. The first-order valence-corrected chi connectivity index (χ1v) is 8.38. The molecule has 1 atom stereocenters. The van der Waals surface area contributed by atoms with Crippen molar-refractivity contribution in [3.05, 3.63) is 59.4 Å². The molecule has 1 aromatic heterocycles. The van der Waals surface area contributed by atoms with Crippen LogP contribution in [0, 0.1) is 0 Å². The van der Waals surface area contributed by atoms with E-state index in [1.165, 1.54) is 24.3 Å². The Bertz CT molecular complexity index is 871. The second-order valence-electron chi connectivity index (χ2n) is 4.79.